The SMILES string of the molecule is CCOP(=O)(OCC)/C(C#N)=C/c1ccc(Cl)cc1Cl. The molecule has 7 heteroatoms. The first-order valence-corrected chi connectivity index (χ1v) is 8.23. The van der Waals surface area contributed by atoms with Gasteiger partial charge in [0, 0.05) is 10.0 Å². The molecule has 0 fully saturated rings. The number of benzene rings is 1. The van der Waals surface area contributed by atoms with Crippen LogP contribution in [-0.2, 0) is 13.6 Å². The monoisotopic (exact) mass is 333 g/mol. The quantitative estimate of drug-likeness (QED) is 0.535. The van der Waals surface area contributed by atoms with Gasteiger partial charge in [0.1, 0.15) is 11.4 Å². The van der Waals surface area contributed by atoms with E-state index in [2.05, 4.69) is 0 Å². The third kappa shape index (κ3) is 4.34. The minimum Gasteiger partial charge on any atom is -0.305 e. The molecule has 0 heterocycles. The van der Waals surface area contributed by atoms with Crippen LogP contribution in [0.5, 0.6) is 0 Å². The zero-order valence-corrected chi connectivity index (χ0v) is 13.5. The first-order valence-electron chi connectivity index (χ1n) is 5.93. The third-order valence-electron chi connectivity index (χ3n) is 2.26. The van der Waals surface area contributed by atoms with Gasteiger partial charge < -0.3 is 9.05 Å². The van der Waals surface area contributed by atoms with Gasteiger partial charge in [0.05, 0.1) is 13.2 Å². The minimum atomic E-state index is -3.62. The molecule has 4 nitrogen and oxygen atoms in total. The summed E-state index contributed by atoms with van der Waals surface area (Å²) in [5.41, 5.74) is 0.521. The average Bonchev–Trinajstić information content (AvgIpc) is 2.38. The Hall–Kier alpha value is -0.820. The predicted octanol–water partition coefficient (Wildman–Crippen LogP) is 5.12. The van der Waals surface area contributed by atoms with Crippen LogP contribution in [0.3, 0.4) is 0 Å². The third-order valence-corrected chi connectivity index (χ3v) is 4.84. The molecule has 0 aliphatic rings. The summed E-state index contributed by atoms with van der Waals surface area (Å²) in [6.07, 6.45) is 1.39. The first-order chi connectivity index (χ1) is 9.46. The Balaban J connectivity index is 3.26. The molecular weight excluding hydrogens is 320 g/mol. The molecule has 0 aromatic heterocycles. The van der Waals surface area contributed by atoms with Crippen LogP contribution in [0.4, 0.5) is 0 Å². The summed E-state index contributed by atoms with van der Waals surface area (Å²) in [7, 11) is -3.62. The van der Waals surface area contributed by atoms with Gasteiger partial charge in [-0.3, -0.25) is 4.57 Å². The van der Waals surface area contributed by atoms with Gasteiger partial charge in [-0.15, -0.1) is 0 Å². The summed E-state index contributed by atoms with van der Waals surface area (Å²) in [4.78, 5) is 0. The maximum Gasteiger partial charge on any atom is 0.371 e. The smallest absolute Gasteiger partial charge is 0.305 e. The van der Waals surface area contributed by atoms with Crippen LogP contribution >= 0.6 is 30.8 Å². The fourth-order valence-corrected chi connectivity index (χ4v) is 3.37. The van der Waals surface area contributed by atoms with Crippen molar-refractivity contribution >= 4 is 36.9 Å². The molecule has 0 unspecified atom stereocenters. The van der Waals surface area contributed by atoms with Crippen LogP contribution in [0.1, 0.15) is 19.4 Å². The van der Waals surface area contributed by atoms with Crippen molar-refractivity contribution in [2.24, 2.45) is 0 Å². The summed E-state index contributed by atoms with van der Waals surface area (Å²) in [6, 6.07) is 6.65. The summed E-state index contributed by atoms with van der Waals surface area (Å²) in [5.74, 6) is 0. The Bertz CT molecular complexity index is 586. The number of halogens is 2. The highest BCUT2D eigenvalue weighted by Gasteiger charge is 2.30. The summed E-state index contributed by atoms with van der Waals surface area (Å²) in [5, 5.41) is 9.94. The summed E-state index contributed by atoms with van der Waals surface area (Å²) >= 11 is 11.8. The normalized spacial score (nSPS) is 12.2. The highest BCUT2D eigenvalue weighted by atomic mass is 35.5. The molecule has 1 rings (SSSR count). The van der Waals surface area contributed by atoms with E-state index >= 15 is 0 Å². The minimum absolute atomic E-state index is 0.0922. The van der Waals surface area contributed by atoms with Gasteiger partial charge in [-0.05, 0) is 37.6 Å². The molecule has 0 aliphatic carbocycles. The zero-order chi connectivity index (χ0) is 15.2. The summed E-state index contributed by atoms with van der Waals surface area (Å²) < 4.78 is 22.8. The van der Waals surface area contributed by atoms with Gasteiger partial charge in [-0.2, -0.15) is 5.26 Å². The van der Waals surface area contributed by atoms with E-state index in [1.165, 1.54) is 12.1 Å². The lowest BCUT2D eigenvalue weighted by Gasteiger charge is -2.15. The van der Waals surface area contributed by atoms with Crippen molar-refractivity contribution in [2.45, 2.75) is 13.8 Å². The second kappa shape index (κ2) is 7.83. The van der Waals surface area contributed by atoms with Gasteiger partial charge in [0.2, 0.25) is 0 Å². The van der Waals surface area contributed by atoms with Gasteiger partial charge in [-0.1, -0.05) is 29.3 Å². The molecule has 0 N–H and O–H groups in total. The molecule has 0 radical (unpaired) electrons. The van der Waals surface area contributed by atoms with Gasteiger partial charge in [0.25, 0.3) is 0 Å². The van der Waals surface area contributed by atoms with E-state index in [-0.39, 0.29) is 18.5 Å². The van der Waals surface area contributed by atoms with Crippen molar-refractivity contribution in [3.05, 3.63) is 39.1 Å². The molecule has 1 aromatic rings. The van der Waals surface area contributed by atoms with E-state index < -0.39 is 7.60 Å². The highest BCUT2D eigenvalue weighted by Crippen LogP contribution is 2.56. The fourth-order valence-electron chi connectivity index (χ4n) is 1.45. The van der Waals surface area contributed by atoms with Crippen molar-refractivity contribution in [3.8, 4) is 6.07 Å². The van der Waals surface area contributed by atoms with E-state index in [4.69, 9.17) is 32.2 Å². The standard InChI is InChI=1S/C13H14Cl2NO3P/c1-3-18-20(17,19-4-2)12(9-16)7-10-5-6-11(14)8-13(10)15/h5-8H,3-4H2,1-2H3/b12-7+. The molecular formula is C13H14Cl2NO3P. The molecule has 0 amide bonds. The van der Waals surface area contributed by atoms with Crippen molar-refractivity contribution in [1.29, 1.82) is 5.26 Å². The maximum atomic E-state index is 12.5. The molecule has 0 saturated heterocycles. The van der Waals surface area contributed by atoms with Crippen molar-refractivity contribution in [3.63, 3.8) is 0 Å². The topological polar surface area (TPSA) is 59.3 Å². The second-order valence-electron chi connectivity index (χ2n) is 3.64. The summed E-state index contributed by atoms with van der Waals surface area (Å²) in [6.45, 7) is 3.70. The van der Waals surface area contributed by atoms with Crippen molar-refractivity contribution < 1.29 is 13.6 Å². The van der Waals surface area contributed by atoms with E-state index in [0.717, 1.165) is 0 Å². The van der Waals surface area contributed by atoms with Crippen LogP contribution in [-0.4, -0.2) is 13.2 Å². The number of nitrogens with zero attached hydrogens (tertiary/aromatic N) is 1. The molecule has 0 atom stereocenters. The average molecular weight is 334 g/mol. The maximum absolute atomic E-state index is 12.5. The molecule has 20 heavy (non-hydrogen) atoms. The predicted molar refractivity (Wildman–Crippen MR) is 80.9 cm³/mol. The van der Waals surface area contributed by atoms with Crippen LogP contribution in [0.25, 0.3) is 6.08 Å². The van der Waals surface area contributed by atoms with Gasteiger partial charge in [0.15, 0.2) is 0 Å². The Kier molecular flexibility index (Phi) is 6.75. The highest BCUT2D eigenvalue weighted by molar-refractivity contribution is 7.59. The Morgan fingerprint density at radius 2 is 1.95 bits per heavy atom. The number of rotatable bonds is 6. The van der Waals surface area contributed by atoms with Gasteiger partial charge in [-0.25, -0.2) is 0 Å². The van der Waals surface area contributed by atoms with Crippen molar-refractivity contribution in [2.75, 3.05) is 13.2 Å². The van der Waals surface area contributed by atoms with Crippen LogP contribution in [0.15, 0.2) is 23.5 Å². The lowest BCUT2D eigenvalue weighted by Crippen LogP contribution is -1.98. The zero-order valence-electron chi connectivity index (χ0n) is 11.1. The lowest BCUT2D eigenvalue weighted by molar-refractivity contribution is 0.227. The largest absolute Gasteiger partial charge is 0.371 e. The number of hydrogen-bond acceptors (Lipinski definition) is 4. The van der Waals surface area contributed by atoms with E-state index in [9.17, 15) is 9.83 Å². The molecule has 1 aromatic carbocycles. The van der Waals surface area contributed by atoms with Crippen molar-refractivity contribution in [1.82, 2.24) is 0 Å². The first kappa shape index (κ1) is 17.2. The van der Waals surface area contributed by atoms with Crippen LogP contribution < -0.4 is 0 Å². The van der Waals surface area contributed by atoms with E-state index in [1.807, 2.05) is 6.07 Å². The molecule has 0 spiro atoms. The van der Waals surface area contributed by atoms with Crippen LogP contribution in [0.2, 0.25) is 10.0 Å². The molecule has 108 valence electrons. The lowest BCUT2D eigenvalue weighted by atomic mass is 10.2. The Morgan fingerprint density at radius 1 is 1.35 bits per heavy atom. The second-order valence-corrected chi connectivity index (χ2v) is 6.48. The van der Waals surface area contributed by atoms with E-state index in [1.54, 1.807) is 26.0 Å². The van der Waals surface area contributed by atoms with Gasteiger partial charge >= 0.3 is 7.60 Å². The Labute approximate surface area is 128 Å². The number of hydrogen-bond donors (Lipinski definition) is 0. The molecule has 0 bridgehead atoms. The molecule has 0 aliphatic heterocycles. The number of allylic oxidation sites excluding steroid dienone is 1. The molecule has 0 saturated carbocycles. The van der Waals surface area contributed by atoms with Crippen LogP contribution in [0, 0.1) is 11.3 Å². The van der Waals surface area contributed by atoms with E-state index in [0.29, 0.717) is 15.6 Å². The Morgan fingerprint density at radius 3 is 2.40 bits per heavy atom. The fraction of sp³-hybridized carbons (Fsp3) is 0.308. The number of nitriles is 1.